The second kappa shape index (κ2) is 6.37. The molecule has 1 aromatic carbocycles. The highest BCUT2D eigenvalue weighted by Crippen LogP contribution is 2.32. The quantitative estimate of drug-likeness (QED) is 0.847. The fraction of sp³-hybridized carbons (Fsp3) is 0.533. The lowest BCUT2D eigenvalue weighted by atomic mass is 10.0. The average molecular weight is 301 g/mol. The van der Waals surface area contributed by atoms with Crippen molar-refractivity contribution in [3.05, 3.63) is 29.3 Å². The molecule has 2 rings (SSSR count). The summed E-state index contributed by atoms with van der Waals surface area (Å²) < 4.78 is 37.8. The molecule has 0 amide bonds. The minimum Gasteiger partial charge on any atom is -0.478 e. The molecule has 0 heterocycles. The van der Waals surface area contributed by atoms with Gasteiger partial charge < -0.3 is 10.4 Å². The second-order valence-corrected chi connectivity index (χ2v) is 5.43. The average Bonchev–Trinajstić information content (AvgIpc) is 2.90. The van der Waals surface area contributed by atoms with Crippen LogP contribution in [0, 0.1) is 5.92 Å². The Kier molecular flexibility index (Phi) is 4.75. The summed E-state index contributed by atoms with van der Waals surface area (Å²) in [5.41, 5.74) is -1.04. The SMILES string of the molecule is O=C(O)c1cc(C(F)(F)F)ccc1NCCC1CCCC1. The van der Waals surface area contributed by atoms with Crippen molar-refractivity contribution >= 4 is 11.7 Å². The van der Waals surface area contributed by atoms with Gasteiger partial charge in [-0.15, -0.1) is 0 Å². The summed E-state index contributed by atoms with van der Waals surface area (Å²) in [6.07, 6.45) is 1.20. The Balaban J connectivity index is 2.05. The highest BCUT2D eigenvalue weighted by atomic mass is 19.4. The van der Waals surface area contributed by atoms with E-state index in [9.17, 15) is 18.0 Å². The standard InChI is InChI=1S/C15H18F3NO2/c16-15(17,18)11-5-6-13(12(9-11)14(20)21)19-8-7-10-3-1-2-4-10/h5-6,9-10,19H,1-4,7-8H2,(H,20,21). The monoisotopic (exact) mass is 301 g/mol. The van der Waals surface area contributed by atoms with E-state index in [2.05, 4.69) is 5.32 Å². The largest absolute Gasteiger partial charge is 0.478 e. The molecule has 2 N–H and O–H groups in total. The van der Waals surface area contributed by atoms with Crippen molar-refractivity contribution in [2.75, 3.05) is 11.9 Å². The van der Waals surface area contributed by atoms with Gasteiger partial charge in [0.2, 0.25) is 0 Å². The lowest BCUT2D eigenvalue weighted by molar-refractivity contribution is -0.137. The maximum atomic E-state index is 12.6. The number of benzene rings is 1. The number of carboxylic acids is 1. The summed E-state index contributed by atoms with van der Waals surface area (Å²) in [6, 6.07) is 2.78. The van der Waals surface area contributed by atoms with E-state index in [0.717, 1.165) is 12.5 Å². The fourth-order valence-electron chi connectivity index (χ4n) is 2.76. The number of alkyl halides is 3. The molecule has 0 atom stereocenters. The van der Waals surface area contributed by atoms with Crippen LogP contribution in [0.4, 0.5) is 18.9 Å². The maximum absolute atomic E-state index is 12.6. The van der Waals surface area contributed by atoms with Crippen molar-refractivity contribution < 1.29 is 23.1 Å². The van der Waals surface area contributed by atoms with Gasteiger partial charge >= 0.3 is 12.1 Å². The first kappa shape index (κ1) is 15.7. The molecule has 1 saturated carbocycles. The summed E-state index contributed by atoms with van der Waals surface area (Å²) in [5.74, 6) is -0.718. The molecule has 116 valence electrons. The van der Waals surface area contributed by atoms with Gasteiger partial charge in [-0.05, 0) is 30.5 Å². The molecule has 0 radical (unpaired) electrons. The van der Waals surface area contributed by atoms with E-state index in [0.29, 0.717) is 18.5 Å². The van der Waals surface area contributed by atoms with E-state index in [4.69, 9.17) is 5.11 Å². The number of halogens is 3. The molecule has 0 spiro atoms. The number of hydrogen-bond acceptors (Lipinski definition) is 2. The molecule has 0 saturated heterocycles. The lowest BCUT2D eigenvalue weighted by Crippen LogP contribution is -2.13. The molecule has 0 unspecified atom stereocenters. The van der Waals surface area contributed by atoms with Crippen LogP contribution < -0.4 is 5.32 Å². The predicted molar refractivity (Wildman–Crippen MR) is 73.5 cm³/mol. The van der Waals surface area contributed by atoms with E-state index >= 15 is 0 Å². The van der Waals surface area contributed by atoms with Gasteiger partial charge in [-0.1, -0.05) is 25.7 Å². The number of anilines is 1. The smallest absolute Gasteiger partial charge is 0.416 e. The van der Waals surface area contributed by atoms with Crippen LogP contribution in [0.3, 0.4) is 0 Å². The number of carbonyl (C=O) groups is 1. The molecular weight excluding hydrogens is 283 g/mol. The van der Waals surface area contributed by atoms with Crippen LogP contribution in [0.25, 0.3) is 0 Å². The minimum absolute atomic E-state index is 0.244. The summed E-state index contributed by atoms with van der Waals surface area (Å²) in [5, 5.41) is 12.0. The predicted octanol–water partition coefficient (Wildman–Crippen LogP) is 4.40. The Morgan fingerprint density at radius 2 is 1.95 bits per heavy atom. The zero-order valence-corrected chi connectivity index (χ0v) is 11.5. The van der Waals surface area contributed by atoms with E-state index in [-0.39, 0.29) is 11.3 Å². The number of aromatic carboxylic acids is 1. The number of nitrogens with one attached hydrogen (secondary N) is 1. The van der Waals surface area contributed by atoms with Crippen molar-refractivity contribution in [2.24, 2.45) is 5.92 Å². The van der Waals surface area contributed by atoms with Crippen LogP contribution >= 0.6 is 0 Å². The lowest BCUT2D eigenvalue weighted by Gasteiger charge is -2.14. The maximum Gasteiger partial charge on any atom is 0.416 e. The van der Waals surface area contributed by atoms with Gasteiger partial charge in [0.15, 0.2) is 0 Å². The highest BCUT2D eigenvalue weighted by molar-refractivity contribution is 5.94. The first-order valence-corrected chi connectivity index (χ1v) is 7.06. The summed E-state index contributed by atoms with van der Waals surface area (Å²) in [7, 11) is 0. The molecule has 1 aliphatic carbocycles. The summed E-state index contributed by atoms with van der Waals surface area (Å²) in [6.45, 7) is 0.580. The van der Waals surface area contributed by atoms with Crippen molar-refractivity contribution in [1.29, 1.82) is 0 Å². The Hall–Kier alpha value is -1.72. The number of carboxylic acid groups (broad SMARTS) is 1. The normalized spacial score (nSPS) is 16.1. The molecule has 1 aliphatic rings. The van der Waals surface area contributed by atoms with Gasteiger partial charge in [0.05, 0.1) is 11.1 Å². The van der Waals surface area contributed by atoms with Crippen LogP contribution in [0.15, 0.2) is 18.2 Å². The van der Waals surface area contributed by atoms with E-state index < -0.39 is 17.7 Å². The third-order valence-corrected chi connectivity index (χ3v) is 3.92. The zero-order valence-electron chi connectivity index (χ0n) is 11.5. The van der Waals surface area contributed by atoms with Gasteiger partial charge in [-0.2, -0.15) is 13.2 Å². The first-order chi connectivity index (χ1) is 9.88. The second-order valence-electron chi connectivity index (χ2n) is 5.43. The molecule has 3 nitrogen and oxygen atoms in total. The van der Waals surface area contributed by atoms with Crippen LogP contribution in [-0.4, -0.2) is 17.6 Å². The molecule has 21 heavy (non-hydrogen) atoms. The fourth-order valence-corrected chi connectivity index (χ4v) is 2.76. The molecule has 0 aromatic heterocycles. The van der Waals surface area contributed by atoms with Crippen molar-refractivity contribution in [2.45, 2.75) is 38.3 Å². The third-order valence-electron chi connectivity index (χ3n) is 3.92. The minimum atomic E-state index is -4.54. The molecule has 0 aliphatic heterocycles. The van der Waals surface area contributed by atoms with Gasteiger partial charge in [0.1, 0.15) is 0 Å². The van der Waals surface area contributed by atoms with E-state index in [1.165, 1.54) is 31.7 Å². The molecular formula is C15H18F3NO2. The molecule has 0 bridgehead atoms. The Bertz CT molecular complexity index is 508. The van der Waals surface area contributed by atoms with Crippen LogP contribution in [0.1, 0.15) is 48.0 Å². The first-order valence-electron chi connectivity index (χ1n) is 7.06. The summed E-state index contributed by atoms with van der Waals surface area (Å²) in [4.78, 5) is 11.1. The van der Waals surface area contributed by atoms with Crippen LogP contribution in [0.2, 0.25) is 0 Å². The molecule has 1 aromatic rings. The van der Waals surface area contributed by atoms with Crippen LogP contribution in [-0.2, 0) is 6.18 Å². The van der Waals surface area contributed by atoms with Crippen molar-refractivity contribution in [3.63, 3.8) is 0 Å². The number of hydrogen-bond donors (Lipinski definition) is 2. The van der Waals surface area contributed by atoms with Gasteiger partial charge in [-0.3, -0.25) is 0 Å². The topological polar surface area (TPSA) is 49.3 Å². The van der Waals surface area contributed by atoms with Crippen molar-refractivity contribution in [1.82, 2.24) is 0 Å². The van der Waals surface area contributed by atoms with Gasteiger partial charge in [0, 0.05) is 12.2 Å². The molecule has 1 fully saturated rings. The van der Waals surface area contributed by atoms with E-state index in [1.807, 2.05) is 0 Å². The van der Waals surface area contributed by atoms with Crippen LogP contribution in [0.5, 0.6) is 0 Å². The molecule has 6 heteroatoms. The summed E-state index contributed by atoms with van der Waals surface area (Å²) >= 11 is 0. The number of rotatable bonds is 5. The van der Waals surface area contributed by atoms with Gasteiger partial charge in [0.25, 0.3) is 0 Å². The van der Waals surface area contributed by atoms with Crippen molar-refractivity contribution in [3.8, 4) is 0 Å². The Morgan fingerprint density at radius 3 is 2.52 bits per heavy atom. The van der Waals surface area contributed by atoms with E-state index in [1.54, 1.807) is 0 Å². The Morgan fingerprint density at radius 1 is 1.29 bits per heavy atom. The third kappa shape index (κ3) is 4.12. The Labute approximate surface area is 121 Å². The van der Waals surface area contributed by atoms with Gasteiger partial charge in [-0.25, -0.2) is 4.79 Å². The highest BCUT2D eigenvalue weighted by Gasteiger charge is 2.31. The zero-order chi connectivity index (χ0) is 15.5.